The Morgan fingerprint density at radius 1 is 1.30 bits per heavy atom. The maximum absolute atomic E-state index is 11.4. The van der Waals surface area contributed by atoms with Crippen LogP contribution in [0.2, 0.25) is 0 Å². The Bertz CT molecular complexity index is 493. The maximum atomic E-state index is 11.4. The molecule has 1 aromatic carbocycles. The van der Waals surface area contributed by atoms with Gasteiger partial charge in [-0.1, -0.05) is 6.07 Å². The van der Waals surface area contributed by atoms with Gasteiger partial charge in [0.05, 0.1) is 19.6 Å². The molecule has 1 aliphatic carbocycles. The maximum Gasteiger partial charge on any atom is 0.308 e. The molecule has 0 radical (unpaired) electrons. The van der Waals surface area contributed by atoms with Crippen molar-refractivity contribution in [2.45, 2.75) is 40.0 Å². The predicted octanol–water partition coefficient (Wildman–Crippen LogP) is 3.44. The largest absolute Gasteiger partial charge is 0.494 e. The van der Waals surface area contributed by atoms with Crippen molar-refractivity contribution >= 4 is 5.97 Å². The third-order valence-corrected chi connectivity index (χ3v) is 4.14. The van der Waals surface area contributed by atoms with E-state index in [4.69, 9.17) is 9.47 Å². The number of hydrogen-bond acceptors (Lipinski definition) is 3. The molecule has 2 atom stereocenters. The lowest BCUT2D eigenvalue weighted by Gasteiger charge is -2.12. The van der Waals surface area contributed by atoms with Gasteiger partial charge in [-0.05, 0) is 68.7 Å². The van der Waals surface area contributed by atoms with Crippen molar-refractivity contribution in [1.29, 1.82) is 0 Å². The van der Waals surface area contributed by atoms with E-state index >= 15 is 0 Å². The number of hydrogen-bond donors (Lipinski definition) is 0. The molecule has 0 saturated heterocycles. The fourth-order valence-corrected chi connectivity index (χ4v) is 2.78. The first-order chi connectivity index (χ1) is 9.56. The third kappa shape index (κ3) is 3.33. The average Bonchev–Trinajstić information content (AvgIpc) is 3.20. The number of benzene rings is 1. The minimum absolute atomic E-state index is 0.0467. The van der Waals surface area contributed by atoms with E-state index in [2.05, 4.69) is 26.0 Å². The van der Waals surface area contributed by atoms with Crippen molar-refractivity contribution in [2.24, 2.45) is 11.8 Å². The zero-order chi connectivity index (χ0) is 14.7. The van der Waals surface area contributed by atoms with Gasteiger partial charge in [0.2, 0.25) is 0 Å². The van der Waals surface area contributed by atoms with Crippen LogP contribution in [-0.2, 0) is 16.0 Å². The first-order valence-electron chi connectivity index (χ1n) is 7.37. The van der Waals surface area contributed by atoms with Gasteiger partial charge in [0, 0.05) is 0 Å². The molecule has 0 heterocycles. The fraction of sp³-hybridized carbons (Fsp3) is 0.588. The van der Waals surface area contributed by atoms with Crippen LogP contribution in [0.15, 0.2) is 12.1 Å². The Labute approximate surface area is 121 Å². The van der Waals surface area contributed by atoms with Gasteiger partial charge in [-0.2, -0.15) is 0 Å². The van der Waals surface area contributed by atoms with E-state index in [-0.39, 0.29) is 11.9 Å². The van der Waals surface area contributed by atoms with Crippen molar-refractivity contribution in [2.75, 3.05) is 13.7 Å². The second-order valence-corrected chi connectivity index (χ2v) is 5.64. The minimum Gasteiger partial charge on any atom is -0.494 e. The molecule has 3 nitrogen and oxygen atoms in total. The molecular formula is C17H24O3. The number of esters is 1. The molecule has 2 unspecified atom stereocenters. The topological polar surface area (TPSA) is 35.5 Å². The summed E-state index contributed by atoms with van der Waals surface area (Å²) in [6.45, 7) is 6.91. The van der Waals surface area contributed by atoms with E-state index in [1.165, 1.54) is 23.8 Å². The second kappa shape index (κ2) is 6.29. The zero-order valence-corrected chi connectivity index (χ0v) is 12.9. The van der Waals surface area contributed by atoms with Crippen LogP contribution in [0.3, 0.4) is 0 Å². The molecule has 0 N–H and O–H groups in total. The molecule has 2 rings (SSSR count). The van der Waals surface area contributed by atoms with Crippen LogP contribution in [0.25, 0.3) is 0 Å². The normalized spacial score (nSPS) is 20.6. The smallest absolute Gasteiger partial charge is 0.308 e. The highest BCUT2D eigenvalue weighted by molar-refractivity contribution is 5.75. The third-order valence-electron chi connectivity index (χ3n) is 4.14. The number of rotatable bonds is 6. The van der Waals surface area contributed by atoms with Gasteiger partial charge in [-0.3, -0.25) is 4.79 Å². The van der Waals surface area contributed by atoms with Crippen LogP contribution >= 0.6 is 0 Å². The van der Waals surface area contributed by atoms with Crippen molar-refractivity contribution in [3.05, 3.63) is 28.8 Å². The molecule has 1 aliphatic rings. The quantitative estimate of drug-likeness (QED) is 0.747. The Morgan fingerprint density at radius 2 is 2.05 bits per heavy atom. The molecular weight excluding hydrogens is 252 g/mol. The highest BCUT2D eigenvalue weighted by atomic mass is 16.5. The highest BCUT2D eigenvalue weighted by Gasteiger charge is 2.43. The Balaban J connectivity index is 1.94. The van der Waals surface area contributed by atoms with Crippen LogP contribution in [0, 0.1) is 25.7 Å². The van der Waals surface area contributed by atoms with Gasteiger partial charge >= 0.3 is 5.97 Å². The molecule has 0 spiro atoms. The van der Waals surface area contributed by atoms with E-state index in [0.29, 0.717) is 12.5 Å². The summed E-state index contributed by atoms with van der Waals surface area (Å²) >= 11 is 0. The van der Waals surface area contributed by atoms with Crippen molar-refractivity contribution < 1.29 is 14.3 Å². The molecule has 0 amide bonds. The van der Waals surface area contributed by atoms with Crippen LogP contribution in [0.4, 0.5) is 0 Å². The summed E-state index contributed by atoms with van der Waals surface area (Å²) in [4.78, 5) is 11.4. The number of aryl methyl sites for hydroxylation is 3. The summed E-state index contributed by atoms with van der Waals surface area (Å²) in [5.41, 5.74) is 3.82. The molecule has 0 aromatic heterocycles. The molecule has 20 heavy (non-hydrogen) atoms. The Kier molecular flexibility index (Phi) is 4.69. The van der Waals surface area contributed by atoms with Crippen LogP contribution in [0.1, 0.15) is 36.5 Å². The lowest BCUT2D eigenvalue weighted by atomic mass is 9.99. The monoisotopic (exact) mass is 276 g/mol. The lowest BCUT2D eigenvalue weighted by molar-refractivity contribution is -0.142. The van der Waals surface area contributed by atoms with Gasteiger partial charge < -0.3 is 9.47 Å². The average molecular weight is 276 g/mol. The zero-order valence-electron chi connectivity index (χ0n) is 12.9. The van der Waals surface area contributed by atoms with Crippen LogP contribution in [0.5, 0.6) is 5.75 Å². The van der Waals surface area contributed by atoms with Crippen molar-refractivity contribution in [3.8, 4) is 5.75 Å². The van der Waals surface area contributed by atoms with Crippen molar-refractivity contribution in [1.82, 2.24) is 0 Å². The summed E-state index contributed by atoms with van der Waals surface area (Å²) in [5.74, 6) is 1.58. The number of carbonyl (C=O) groups is 1. The molecule has 1 aromatic rings. The lowest BCUT2D eigenvalue weighted by Crippen LogP contribution is -2.05. The summed E-state index contributed by atoms with van der Waals surface area (Å²) in [6.07, 6.45) is 3.08. The van der Waals surface area contributed by atoms with E-state index in [9.17, 15) is 4.79 Å². The van der Waals surface area contributed by atoms with E-state index in [0.717, 1.165) is 25.0 Å². The van der Waals surface area contributed by atoms with Gasteiger partial charge in [0.25, 0.3) is 0 Å². The summed E-state index contributed by atoms with van der Waals surface area (Å²) in [5, 5.41) is 0. The molecule has 0 aliphatic heterocycles. The SMILES string of the molecule is CCOc1cc(C)c(CCC2CC2C(=O)OC)cc1C. The standard InChI is InChI=1S/C17H24O3/c1-5-20-16-9-11(2)13(8-12(16)3)6-7-14-10-15(14)17(18)19-4/h8-9,14-15H,5-7,10H2,1-4H3. The van der Waals surface area contributed by atoms with E-state index in [1.807, 2.05) is 6.92 Å². The Morgan fingerprint density at radius 3 is 2.70 bits per heavy atom. The molecule has 0 bridgehead atoms. The van der Waals surface area contributed by atoms with Crippen LogP contribution in [-0.4, -0.2) is 19.7 Å². The Hall–Kier alpha value is -1.51. The molecule has 3 heteroatoms. The second-order valence-electron chi connectivity index (χ2n) is 5.64. The van der Waals surface area contributed by atoms with Crippen LogP contribution < -0.4 is 4.74 Å². The highest BCUT2D eigenvalue weighted by Crippen LogP contribution is 2.43. The van der Waals surface area contributed by atoms with Gasteiger partial charge in [-0.15, -0.1) is 0 Å². The first kappa shape index (κ1) is 14.9. The van der Waals surface area contributed by atoms with Crippen molar-refractivity contribution in [3.63, 3.8) is 0 Å². The molecule has 1 saturated carbocycles. The number of carbonyl (C=O) groups excluding carboxylic acids is 1. The molecule has 110 valence electrons. The van der Waals surface area contributed by atoms with Gasteiger partial charge in [0.15, 0.2) is 0 Å². The fourth-order valence-electron chi connectivity index (χ4n) is 2.78. The summed E-state index contributed by atoms with van der Waals surface area (Å²) < 4.78 is 10.4. The molecule has 1 fully saturated rings. The van der Waals surface area contributed by atoms with E-state index in [1.54, 1.807) is 0 Å². The predicted molar refractivity (Wildman–Crippen MR) is 79.0 cm³/mol. The van der Waals surface area contributed by atoms with Gasteiger partial charge in [-0.25, -0.2) is 0 Å². The number of ether oxygens (including phenoxy) is 2. The van der Waals surface area contributed by atoms with E-state index < -0.39 is 0 Å². The minimum atomic E-state index is -0.0467. The summed E-state index contributed by atoms with van der Waals surface area (Å²) in [6, 6.07) is 4.34. The number of methoxy groups -OCH3 is 1. The summed E-state index contributed by atoms with van der Waals surface area (Å²) in [7, 11) is 1.47. The van der Waals surface area contributed by atoms with Gasteiger partial charge in [0.1, 0.15) is 5.75 Å². The first-order valence-corrected chi connectivity index (χ1v) is 7.37.